The lowest BCUT2D eigenvalue weighted by atomic mass is 10.0. The minimum Gasteiger partial charge on any atom is -0.382 e. The summed E-state index contributed by atoms with van der Waals surface area (Å²) in [6.07, 6.45) is 18.3. The zero-order valence-corrected chi connectivity index (χ0v) is 23.7. The van der Waals surface area contributed by atoms with Gasteiger partial charge in [-0.05, 0) is 6.42 Å². The minimum absolute atomic E-state index is 0.0267. The molecule has 216 valence electrons. The summed E-state index contributed by atoms with van der Waals surface area (Å²) >= 11 is 0. The zero-order valence-electron chi connectivity index (χ0n) is 23.7. The standard InChI is InChI=1S/C28H49N5O5/c1-4-5-6-7-8-9-10-11-12-13-14-15-16-17-18-37-24-23(36-3)21(19-35-2)38-27(24)33-20-30-22-25(33)31-28(29)32-26(22)34/h20-21,23-24,27H,4-19H2,1-3H3,(H3,29,31,32,34)/t21-,23-,24-,27-/m1/s1. The molecule has 0 aliphatic carbocycles. The van der Waals surface area contributed by atoms with Crippen LogP contribution in [0.3, 0.4) is 0 Å². The van der Waals surface area contributed by atoms with Crippen molar-refractivity contribution in [2.45, 2.75) is 121 Å². The van der Waals surface area contributed by atoms with Crippen molar-refractivity contribution >= 4 is 17.1 Å². The number of aromatic amines is 1. The number of nitrogens with two attached hydrogens (primary N) is 1. The number of fused-ring (bicyclic) bond motifs is 1. The molecule has 1 aliphatic rings. The molecule has 0 bridgehead atoms. The maximum atomic E-state index is 12.3. The molecular formula is C28H49N5O5. The first-order valence-electron chi connectivity index (χ1n) is 14.6. The highest BCUT2D eigenvalue weighted by Gasteiger charge is 2.47. The van der Waals surface area contributed by atoms with Crippen LogP contribution < -0.4 is 11.3 Å². The minimum atomic E-state index is -0.564. The number of H-pyrrole nitrogens is 1. The van der Waals surface area contributed by atoms with Crippen LogP contribution >= 0.6 is 0 Å². The van der Waals surface area contributed by atoms with Gasteiger partial charge in [-0.25, -0.2) is 4.98 Å². The van der Waals surface area contributed by atoms with Crippen molar-refractivity contribution in [3.05, 3.63) is 16.7 Å². The van der Waals surface area contributed by atoms with Gasteiger partial charge >= 0.3 is 0 Å². The Balaban J connectivity index is 1.41. The third-order valence-electron chi connectivity index (χ3n) is 7.42. The summed E-state index contributed by atoms with van der Waals surface area (Å²) in [6, 6.07) is 0. The lowest BCUT2D eigenvalue weighted by Gasteiger charge is -2.24. The van der Waals surface area contributed by atoms with Crippen molar-refractivity contribution in [3.63, 3.8) is 0 Å². The lowest BCUT2D eigenvalue weighted by molar-refractivity contribution is -0.0742. The van der Waals surface area contributed by atoms with Gasteiger partial charge in [-0.1, -0.05) is 90.4 Å². The second-order valence-corrected chi connectivity index (χ2v) is 10.4. The van der Waals surface area contributed by atoms with Crippen LogP contribution in [0.15, 0.2) is 11.1 Å². The molecule has 1 saturated heterocycles. The highest BCUT2D eigenvalue weighted by Crippen LogP contribution is 2.35. The van der Waals surface area contributed by atoms with E-state index in [1.54, 1.807) is 25.1 Å². The Bertz CT molecular complexity index is 980. The van der Waals surface area contributed by atoms with E-state index in [1.165, 1.54) is 77.0 Å². The molecule has 38 heavy (non-hydrogen) atoms. The SMILES string of the molecule is CCCCCCCCCCCCCCCCO[C@@H]1[C@H](OC)[C@@H](COC)O[C@H]1n1cnc2c(=O)[nH]c(N)nc21. The molecule has 10 heteroatoms. The van der Waals surface area contributed by atoms with Gasteiger partial charge in [0.15, 0.2) is 17.4 Å². The summed E-state index contributed by atoms with van der Waals surface area (Å²) in [4.78, 5) is 23.3. The molecule has 3 rings (SSSR count). The molecule has 0 amide bonds. The van der Waals surface area contributed by atoms with E-state index in [4.69, 9.17) is 24.7 Å². The van der Waals surface area contributed by atoms with Gasteiger partial charge in [-0.2, -0.15) is 4.98 Å². The number of rotatable bonds is 20. The number of nitrogens with zero attached hydrogens (tertiary/aromatic N) is 3. The molecule has 0 unspecified atom stereocenters. The number of aromatic nitrogens is 4. The summed E-state index contributed by atoms with van der Waals surface area (Å²) in [5.74, 6) is 0.0267. The van der Waals surface area contributed by atoms with Crippen LogP contribution in [0.1, 0.15) is 103 Å². The average molecular weight is 536 g/mol. The molecule has 10 nitrogen and oxygen atoms in total. The fourth-order valence-corrected chi connectivity index (χ4v) is 5.34. The Morgan fingerprint density at radius 1 is 0.947 bits per heavy atom. The normalized spacial score (nSPS) is 21.6. The molecule has 0 saturated carbocycles. The highest BCUT2D eigenvalue weighted by atomic mass is 16.6. The quantitative estimate of drug-likeness (QED) is 0.224. The molecule has 1 fully saturated rings. The van der Waals surface area contributed by atoms with Crippen molar-refractivity contribution in [1.82, 2.24) is 19.5 Å². The Morgan fingerprint density at radius 3 is 2.13 bits per heavy atom. The van der Waals surface area contributed by atoms with E-state index in [9.17, 15) is 4.79 Å². The Labute approximate surface area is 227 Å². The third kappa shape index (κ3) is 8.76. The van der Waals surface area contributed by atoms with Gasteiger partial charge in [-0.15, -0.1) is 0 Å². The number of nitrogens with one attached hydrogen (secondary N) is 1. The van der Waals surface area contributed by atoms with Crippen LogP contribution in [-0.4, -0.2) is 65.3 Å². The molecule has 0 spiro atoms. The van der Waals surface area contributed by atoms with Gasteiger partial charge in [0.25, 0.3) is 5.56 Å². The molecule has 1 aliphatic heterocycles. The number of hydrogen-bond acceptors (Lipinski definition) is 8. The maximum Gasteiger partial charge on any atom is 0.280 e. The third-order valence-corrected chi connectivity index (χ3v) is 7.42. The van der Waals surface area contributed by atoms with E-state index in [2.05, 4.69) is 21.9 Å². The Morgan fingerprint density at radius 2 is 1.55 bits per heavy atom. The number of hydrogen-bond donors (Lipinski definition) is 2. The second kappa shape index (κ2) is 16.8. The predicted octanol–water partition coefficient (Wildman–Crippen LogP) is 5.13. The van der Waals surface area contributed by atoms with E-state index in [-0.39, 0.29) is 29.2 Å². The van der Waals surface area contributed by atoms with Crippen LogP contribution in [0, 0.1) is 0 Å². The van der Waals surface area contributed by atoms with Crippen LogP contribution in [0.2, 0.25) is 0 Å². The lowest BCUT2D eigenvalue weighted by Crippen LogP contribution is -2.37. The van der Waals surface area contributed by atoms with Gasteiger partial charge in [-0.3, -0.25) is 14.3 Å². The monoisotopic (exact) mass is 535 g/mol. The van der Waals surface area contributed by atoms with E-state index < -0.39 is 12.3 Å². The first-order valence-corrected chi connectivity index (χ1v) is 14.6. The fourth-order valence-electron chi connectivity index (χ4n) is 5.34. The highest BCUT2D eigenvalue weighted by molar-refractivity contribution is 5.70. The second-order valence-electron chi connectivity index (χ2n) is 10.4. The van der Waals surface area contributed by atoms with E-state index in [0.29, 0.717) is 18.9 Å². The van der Waals surface area contributed by atoms with Gasteiger partial charge in [0.05, 0.1) is 12.9 Å². The molecule has 3 N–H and O–H groups in total. The number of anilines is 1. The van der Waals surface area contributed by atoms with Gasteiger partial charge in [0, 0.05) is 20.8 Å². The van der Waals surface area contributed by atoms with Gasteiger partial charge in [0.2, 0.25) is 5.95 Å². The molecular weight excluding hydrogens is 486 g/mol. The number of ether oxygens (including phenoxy) is 4. The summed E-state index contributed by atoms with van der Waals surface area (Å²) in [7, 11) is 3.27. The van der Waals surface area contributed by atoms with Crippen molar-refractivity contribution < 1.29 is 18.9 Å². The summed E-state index contributed by atoms with van der Waals surface area (Å²) in [5.41, 5.74) is 5.96. The van der Waals surface area contributed by atoms with Crippen LogP contribution in [0.5, 0.6) is 0 Å². The Hall–Kier alpha value is -2.01. The molecule has 2 aromatic heterocycles. The van der Waals surface area contributed by atoms with Crippen molar-refractivity contribution in [1.29, 1.82) is 0 Å². The molecule has 4 atom stereocenters. The largest absolute Gasteiger partial charge is 0.382 e. The van der Waals surface area contributed by atoms with Gasteiger partial charge in [0.1, 0.15) is 18.3 Å². The fraction of sp³-hybridized carbons (Fsp3) is 0.821. The van der Waals surface area contributed by atoms with Crippen LogP contribution in [-0.2, 0) is 18.9 Å². The zero-order chi connectivity index (χ0) is 27.2. The molecule has 3 heterocycles. The maximum absolute atomic E-state index is 12.3. The topological polar surface area (TPSA) is 127 Å². The van der Waals surface area contributed by atoms with Crippen molar-refractivity contribution in [2.75, 3.05) is 33.2 Å². The van der Waals surface area contributed by atoms with E-state index in [0.717, 1.165) is 12.8 Å². The number of imidazole rings is 1. The smallest absolute Gasteiger partial charge is 0.280 e. The molecule has 0 radical (unpaired) electrons. The van der Waals surface area contributed by atoms with E-state index in [1.807, 2.05) is 0 Å². The first-order chi connectivity index (χ1) is 18.6. The summed E-state index contributed by atoms with van der Waals surface area (Å²) in [6.45, 7) is 3.23. The van der Waals surface area contributed by atoms with Gasteiger partial charge < -0.3 is 24.7 Å². The number of methoxy groups -OCH3 is 2. The summed E-state index contributed by atoms with van der Waals surface area (Å²) < 4.78 is 25.5. The van der Waals surface area contributed by atoms with Crippen molar-refractivity contribution in [3.8, 4) is 0 Å². The van der Waals surface area contributed by atoms with E-state index >= 15 is 0 Å². The summed E-state index contributed by atoms with van der Waals surface area (Å²) in [5, 5.41) is 0. The molecule has 2 aromatic rings. The average Bonchev–Trinajstić information content (AvgIpc) is 3.47. The molecule has 0 aromatic carbocycles. The van der Waals surface area contributed by atoms with Crippen molar-refractivity contribution in [2.24, 2.45) is 0 Å². The number of unbranched alkanes of at least 4 members (excludes halogenated alkanes) is 13. The van der Waals surface area contributed by atoms with Crippen LogP contribution in [0.4, 0.5) is 5.95 Å². The number of nitrogen functional groups attached to an aromatic ring is 1. The Kier molecular flexibility index (Phi) is 13.5. The predicted molar refractivity (Wildman–Crippen MR) is 149 cm³/mol. The van der Waals surface area contributed by atoms with Crippen LogP contribution in [0.25, 0.3) is 11.2 Å². The first kappa shape index (κ1) is 30.5.